The number of hydrogen-bond donors (Lipinski definition) is 2. The molecule has 112 valence electrons. The van der Waals surface area contributed by atoms with Crippen LogP contribution in [-0.2, 0) is 4.79 Å². The minimum atomic E-state index is -0.417. The first-order chi connectivity index (χ1) is 8.65. The summed E-state index contributed by atoms with van der Waals surface area (Å²) < 4.78 is 0. The molecular weight excluding hydrogens is 238 g/mol. The predicted molar refractivity (Wildman–Crippen MR) is 80.2 cm³/mol. The Bertz CT molecular complexity index is 301. The molecule has 0 aromatic heterocycles. The van der Waals surface area contributed by atoms with Gasteiger partial charge < -0.3 is 10.6 Å². The maximum atomic E-state index is 12.4. The standard InChI is InChI=1S/C15H31N3O/c1-12(14(2,3)4)11-17-13(19)15(5,6)18-9-7-16-8-10-18/h12,16H,7-11H2,1-6H3,(H,17,19). The van der Waals surface area contributed by atoms with E-state index in [9.17, 15) is 4.79 Å². The molecule has 1 amide bonds. The van der Waals surface area contributed by atoms with Gasteiger partial charge in [0.1, 0.15) is 0 Å². The van der Waals surface area contributed by atoms with E-state index in [-0.39, 0.29) is 11.3 Å². The summed E-state index contributed by atoms with van der Waals surface area (Å²) in [6.07, 6.45) is 0. The molecule has 1 atom stereocenters. The Morgan fingerprint density at radius 1 is 1.21 bits per heavy atom. The van der Waals surface area contributed by atoms with Crippen molar-refractivity contribution in [3.63, 3.8) is 0 Å². The monoisotopic (exact) mass is 269 g/mol. The number of nitrogens with zero attached hydrogens (tertiary/aromatic N) is 1. The zero-order valence-electron chi connectivity index (χ0n) is 13.5. The van der Waals surface area contributed by atoms with Gasteiger partial charge in [0.2, 0.25) is 5.91 Å². The molecule has 1 heterocycles. The maximum Gasteiger partial charge on any atom is 0.239 e. The van der Waals surface area contributed by atoms with Gasteiger partial charge in [0.05, 0.1) is 5.54 Å². The highest BCUT2D eigenvalue weighted by molar-refractivity contribution is 5.85. The van der Waals surface area contributed by atoms with E-state index in [0.717, 1.165) is 32.7 Å². The summed E-state index contributed by atoms with van der Waals surface area (Å²) in [7, 11) is 0. The van der Waals surface area contributed by atoms with Crippen LogP contribution in [0.25, 0.3) is 0 Å². The first-order valence-electron chi connectivity index (χ1n) is 7.40. The van der Waals surface area contributed by atoms with Crippen molar-refractivity contribution in [2.75, 3.05) is 32.7 Å². The molecule has 1 unspecified atom stereocenters. The number of piperazine rings is 1. The lowest BCUT2D eigenvalue weighted by Crippen LogP contribution is -2.60. The van der Waals surface area contributed by atoms with Crippen LogP contribution in [0.4, 0.5) is 0 Å². The number of carbonyl (C=O) groups is 1. The summed E-state index contributed by atoms with van der Waals surface area (Å²) in [5, 5.41) is 6.45. The van der Waals surface area contributed by atoms with E-state index in [0.29, 0.717) is 5.92 Å². The topological polar surface area (TPSA) is 44.4 Å². The molecule has 4 heteroatoms. The van der Waals surface area contributed by atoms with Gasteiger partial charge in [-0.1, -0.05) is 27.7 Å². The van der Waals surface area contributed by atoms with Crippen molar-refractivity contribution >= 4 is 5.91 Å². The van der Waals surface area contributed by atoms with Gasteiger partial charge in [-0.25, -0.2) is 0 Å². The molecular formula is C15H31N3O. The lowest BCUT2D eigenvalue weighted by atomic mass is 9.82. The van der Waals surface area contributed by atoms with Gasteiger partial charge in [0, 0.05) is 32.7 Å². The van der Waals surface area contributed by atoms with Crippen LogP contribution in [0.15, 0.2) is 0 Å². The average Bonchev–Trinajstić information content (AvgIpc) is 2.35. The normalized spacial score (nSPS) is 20.1. The van der Waals surface area contributed by atoms with Gasteiger partial charge in [-0.2, -0.15) is 0 Å². The maximum absolute atomic E-state index is 12.4. The van der Waals surface area contributed by atoms with Crippen LogP contribution in [0.2, 0.25) is 0 Å². The van der Waals surface area contributed by atoms with Crippen LogP contribution in [-0.4, -0.2) is 49.1 Å². The highest BCUT2D eigenvalue weighted by Crippen LogP contribution is 2.24. The molecule has 1 aliphatic rings. The molecule has 0 radical (unpaired) electrons. The zero-order chi connectivity index (χ0) is 14.7. The fourth-order valence-corrected chi connectivity index (χ4v) is 2.14. The van der Waals surface area contributed by atoms with Crippen LogP contribution in [0, 0.1) is 11.3 Å². The second-order valence-corrected chi connectivity index (χ2v) is 7.27. The lowest BCUT2D eigenvalue weighted by Gasteiger charge is -2.40. The van der Waals surface area contributed by atoms with Crippen molar-refractivity contribution in [3.05, 3.63) is 0 Å². The summed E-state index contributed by atoms with van der Waals surface area (Å²) in [5.74, 6) is 0.612. The first kappa shape index (κ1) is 16.4. The molecule has 19 heavy (non-hydrogen) atoms. The predicted octanol–water partition coefficient (Wildman–Crippen LogP) is 1.47. The van der Waals surface area contributed by atoms with E-state index in [1.54, 1.807) is 0 Å². The smallest absolute Gasteiger partial charge is 0.239 e. The number of hydrogen-bond acceptors (Lipinski definition) is 3. The Balaban J connectivity index is 2.51. The van der Waals surface area contributed by atoms with Gasteiger partial charge >= 0.3 is 0 Å². The van der Waals surface area contributed by atoms with Gasteiger partial charge in [0.25, 0.3) is 0 Å². The molecule has 0 aromatic carbocycles. The molecule has 0 aliphatic carbocycles. The van der Waals surface area contributed by atoms with Crippen LogP contribution >= 0.6 is 0 Å². The minimum absolute atomic E-state index is 0.144. The third kappa shape index (κ3) is 4.46. The Morgan fingerprint density at radius 2 is 1.74 bits per heavy atom. The summed E-state index contributed by atoms with van der Waals surface area (Å²) >= 11 is 0. The number of rotatable bonds is 4. The third-order valence-corrected chi connectivity index (χ3v) is 4.51. The van der Waals surface area contributed by atoms with Gasteiger partial charge in [-0.15, -0.1) is 0 Å². The highest BCUT2D eigenvalue weighted by Gasteiger charge is 2.35. The minimum Gasteiger partial charge on any atom is -0.354 e. The van der Waals surface area contributed by atoms with E-state index < -0.39 is 5.54 Å². The van der Waals surface area contributed by atoms with E-state index >= 15 is 0 Å². The van der Waals surface area contributed by atoms with Crippen molar-refractivity contribution in [1.82, 2.24) is 15.5 Å². The average molecular weight is 269 g/mol. The molecule has 1 fully saturated rings. The second-order valence-electron chi connectivity index (χ2n) is 7.27. The lowest BCUT2D eigenvalue weighted by molar-refractivity contribution is -0.132. The van der Waals surface area contributed by atoms with Crippen LogP contribution in [0.3, 0.4) is 0 Å². The van der Waals surface area contributed by atoms with Crippen LogP contribution in [0.5, 0.6) is 0 Å². The molecule has 2 N–H and O–H groups in total. The molecule has 4 nitrogen and oxygen atoms in total. The quantitative estimate of drug-likeness (QED) is 0.812. The van der Waals surface area contributed by atoms with Gasteiger partial charge in [0.15, 0.2) is 0 Å². The Kier molecular flexibility index (Phi) is 5.39. The van der Waals surface area contributed by atoms with Crippen molar-refractivity contribution in [1.29, 1.82) is 0 Å². The summed E-state index contributed by atoms with van der Waals surface area (Å²) in [4.78, 5) is 14.7. The van der Waals surface area contributed by atoms with Crippen molar-refractivity contribution < 1.29 is 4.79 Å². The molecule has 1 rings (SSSR count). The Labute approximate surface area is 118 Å². The second kappa shape index (κ2) is 6.23. The van der Waals surface area contributed by atoms with E-state index in [1.807, 2.05) is 13.8 Å². The molecule has 0 spiro atoms. The van der Waals surface area contributed by atoms with Crippen LogP contribution in [0.1, 0.15) is 41.5 Å². The fourth-order valence-electron chi connectivity index (χ4n) is 2.14. The number of amides is 1. The first-order valence-corrected chi connectivity index (χ1v) is 7.40. The van der Waals surface area contributed by atoms with Gasteiger partial charge in [-0.3, -0.25) is 9.69 Å². The van der Waals surface area contributed by atoms with E-state index in [2.05, 4.69) is 43.2 Å². The molecule has 0 bridgehead atoms. The van der Waals surface area contributed by atoms with Gasteiger partial charge in [-0.05, 0) is 25.2 Å². The molecule has 0 aromatic rings. The zero-order valence-corrected chi connectivity index (χ0v) is 13.5. The van der Waals surface area contributed by atoms with E-state index in [1.165, 1.54) is 0 Å². The summed E-state index contributed by atoms with van der Waals surface area (Å²) in [6, 6.07) is 0. The summed E-state index contributed by atoms with van der Waals surface area (Å²) in [6.45, 7) is 17.4. The van der Waals surface area contributed by atoms with Crippen molar-refractivity contribution in [2.24, 2.45) is 11.3 Å². The van der Waals surface area contributed by atoms with E-state index in [4.69, 9.17) is 0 Å². The molecule has 1 aliphatic heterocycles. The highest BCUT2D eigenvalue weighted by atomic mass is 16.2. The largest absolute Gasteiger partial charge is 0.354 e. The van der Waals surface area contributed by atoms with Crippen molar-refractivity contribution in [3.8, 4) is 0 Å². The molecule has 1 saturated heterocycles. The summed E-state index contributed by atoms with van der Waals surface area (Å²) in [5.41, 5.74) is -0.188. The van der Waals surface area contributed by atoms with Crippen molar-refractivity contribution in [2.45, 2.75) is 47.1 Å². The Hall–Kier alpha value is -0.610. The Morgan fingerprint density at radius 3 is 2.21 bits per heavy atom. The van der Waals surface area contributed by atoms with Crippen LogP contribution < -0.4 is 10.6 Å². The molecule has 0 saturated carbocycles. The number of nitrogens with one attached hydrogen (secondary N) is 2. The number of carbonyl (C=O) groups excluding carboxylic acids is 1. The third-order valence-electron chi connectivity index (χ3n) is 4.51. The fraction of sp³-hybridized carbons (Fsp3) is 0.933. The SMILES string of the molecule is CC(CNC(=O)C(C)(C)N1CCNCC1)C(C)(C)C.